The number of ether oxygens (including phenoxy) is 1. The fourth-order valence-electron chi connectivity index (χ4n) is 1.27. The summed E-state index contributed by atoms with van der Waals surface area (Å²) in [5, 5.41) is 2.78. The lowest BCUT2D eigenvalue weighted by Crippen LogP contribution is -2.41. The van der Waals surface area contributed by atoms with E-state index in [-0.39, 0.29) is 0 Å². The summed E-state index contributed by atoms with van der Waals surface area (Å²) in [6.07, 6.45) is -0.709. The molecule has 0 aromatic rings. The molecule has 76 valence electrons. The maximum atomic E-state index is 13.1. The number of rotatable bonds is 1. The second-order valence-electron chi connectivity index (χ2n) is 4.27. The number of hydrogen-bond donors (Lipinski definition) is 1. The topological polar surface area (TPSA) is 38.3 Å². The van der Waals surface area contributed by atoms with Gasteiger partial charge < -0.3 is 10.1 Å². The molecule has 0 aromatic heterocycles. The maximum absolute atomic E-state index is 13.1. The van der Waals surface area contributed by atoms with E-state index in [1.54, 1.807) is 20.8 Å². The van der Waals surface area contributed by atoms with Crippen LogP contribution >= 0.6 is 0 Å². The Balaban J connectivity index is 2.48. The molecule has 1 fully saturated rings. The largest absolute Gasteiger partial charge is 0.459 e. The summed E-state index contributed by atoms with van der Waals surface area (Å²) in [7, 11) is 0. The minimum atomic E-state index is -1.10. The van der Waals surface area contributed by atoms with E-state index < -0.39 is 23.8 Å². The van der Waals surface area contributed by atoms with Crippen LogP contribution in [-0.2, 0) is 9.53 Å². The van der Waals surface area contributed by atoms with Gasteiger partial charge in [-0.1, -0.05) is 0 Å². The van der Waals surface area contributed by atoms with E-state index in [0.29, 0.717) is 13.0 Å². The Labute approximate surface area is 77.6 Å². The second-order valence-corrected chi connectivity index (χ2v) is 4.27. The number of hydrogen-bond acceptors (Lipinski definition) is 3. The van der Waals surface area contributed by atoms with Gasteiger partial charge in [0.1, 0.15) is 17.8 Å². The summed E-state index contributed by atoms with van der Waals surface area (Å²) in [6, 6.07) is -0.765. The number of halogens is 1. The van der Waals surface area contributed by atoms with Crippen LogP contribution in [0.2, 0.25) is 0 Å². The highest BCUT2D eigenvalue weighted by molar-refractivity contribution is 5.77. The fourth-order valence-corrected chi connectivity index (χ4v) is 1.27. The minimum Gasteiger partial charge on any atom is -0.459 e. The first-order valence-corrected chi connectivity index (χ1v) is 4.50. The second kappa shape index (κ2) is 3.62. The summed E-state index contributed by atoms with van der Waals surface area (Å²) < 4.78 is 18.1. The summed E-state index contributed by atoms with van der Waals surface area (Å²) in [5.41, 5.74) is -0.541. The molecule has 1 heterocycles. The number of carbonyl (C=O) groups is 1. The zero-order valence-corrected chi connectivity index (χ0v) is 8.26. The fraction of sp³-hybridized carbons (Fsp3) is 0.889. The van der Waals surface area contributed by atoms with Crippen molar-refractivity contribution in [2.24, 2.45) is 0 Å². The van der Waals surface area contributed by atoms with Crippen LogP contribution in [0.15, 0.2) is 0 Å². The predicted molar refractivity (Wildman–Crippen MR) is 47.1 cm³/mol. The van der Waals surface area contributed by atoms with E-state index in [9.17, 15) is 9.18 Å². The summed E-state index contributed by atoms with van der Waals surface area (Å²) in [4.78, 5) is 11.3. The molecule has 4 heteroatoms. The van der Waals surface area contributed by atoms with Crippen LogP contribution in [0, 0.1) is 0 Å². The maximum Gasteiger partial charge on any atom is 0.326 e. The Hall–Kier alpha value is -0.640. The monoisotopic (exact) mass is 189 g/mol. The molecule has 0 bridgehead atoms. The van der Waals surface area contributed by atoms with Crippen molar-refractivity contribution < 1.29 is 13.9 Å². The number of carbonyl (C=O) groups excluding carboxylic acids is 1. The highest BCUT2D eigenvalue weighted by Gasteiger charge is 2.35. The average molecular weight is 189 g/mol. The molecule has 2 unspecified atom stereocenters. The zero-order chi connectivity index (χ0) is 10.1. The van der Waals surface area contributed by atoms with E-state index >= 15 is 0 Å². The molecule has 13 heavy (non-hydrogen) atoms. The van der Waals surface area contributed by atoms with Gasteiger partial charge in [0.2, 0.25) is 0 Å². The van der Waals surface area contributed by atoms with Crippen LogP contribution in [0.1, 0.15) is 27.2 Å². The van der Waals surface area contributed by atoms with Crippen molar-refractivity contribution in [1.82, 2.24) is 5.32 Å². The van der Waals surface area contributed by atoms with Gasteiger partial charge in [-0.25, -0.2) is 4.39 Å². The van der Waals surface area contributed by atoms with Gasteiger partial charge >= 0.3 is 5.97 Å². The lowest BCUT2D eigenvalue weighted by atomic mass is 10.1. The van der Waals surface area contributed by atoms with Crippen LogP contribution < -0.4 is 5.32 Å². The van der Waals surface area contributed by atoms with Crippen LogP contribution in [-0.4, -0.2) is 30.3 Å². The first kappa shape index (κ1) is 10.4. The zero-order valence-electron chi connectivity index (χ0n) is 8.26. The third kappa shape index (κ3) is 2.95. The quantitative estimate of drug-likeness (QED) is 0.626. The van der Waals surface area contributed by atoms with Gasteiger partial charge in [0.15, 0.2) is 0 Å². The molecule has 0 aromatic carbocycles. The smallest absolute Gasteiger partial charge is 0.326 e. The van der Waals surface area contributed by atoms with Crippen molar-refractivity contribution in [2.75, 3.05) is 6.54 Å². The molecule has 1 aliphatic rings. The van der Waals surface area contributed by atoms with E-state index in [1.165, 1.54) is 0 Å². The minimum absolute atomic E-state index is 0.393. The van der Waals surface area contributed by atoms with Crippen molar-refractivity contribution in [2.45, 2.75) is 45.0 Å². The first-order valence-electron chi connectivity index (χ1n) is 4.50. The molecule has 1 aliphatic heterocycles. The molecule has 3 nitrogen and oxygen atoms in total. The van der Waals surface area contributed by atoms with Crippen LogP contribution in [0.3, 0.4) is 0 Å². The Morgan fingerprint density at radius 2 is 2.15 bits per heavy atom. The number of alkyl halides is 1. The van der Waals surface area contributed by atoms with E-state index in [0.717, 1.165) is 0 Å². The van der Waals surface area contributed by atoms with Gasteiger partial charge in [-0.05, 0) is 33.7 Å². The third-order valence-corrected chi connectivity index (χ3v) is 1.81. The van der Waals surface area contributed by atoms with Crippen molar-refractivity contribution in [3.63, 3.8) is 0 Å². The summed E-state index contributed by atoms with van der Waals surface area (Å²) in [6.45, 7) is 5.86. The summed E-state index contributed by atoms with van der Waals surface area (Å²) in [5.74, 6) is -0.488. The molecule has 0 radical (unpaired) electrons. The third-order valence-electron chi connectivity index (χ3n) is 1.81. The van der Waals surface area contributed by atoms with Crippen LogP contribution in [0.4, 0.5) is 4.39 Å². The number of nitrogens with one attached hydrogen (secondary N) is 1. The predicted octanol–water partition coefficient (Wildman–Crippen LogP) is 1.03. The Morgan fingerprint density at radius 3 is 2.54 bits per heavy atom. The van der Waals surface area contributed by atoms with E-state index in [4.69, 9.17) is 4.74 Å². The molecule has 1 N–H and O–H groups in total. The van der Waals surface area contributed by atoms with Gasteiger partial charge in [0.05, 0.1) is 0 Å². The van der Waals surface area contributed by atoms with Gasteiger partial charge in [-0.3, -0.25) is 4.79 Å². The van der Waals surface area contributed by atoms with Gasteiger partial charge in [0.25, 0.3) is 0 Å². The first-order chi connectivity index (χ1) is 5.90. The molecule has 0 amide bonds. The van der Waals surface area contributed by atoms with Crippen molar-refractivity contribution in [3.8, 4) is 0 Å². The average Bonchev–Trinajstić information content (AvgIpc) is 2.30. The Kier molecular flexibility index (Phi) is 2.91. The van der Waals surface area contributed by atoms with Crippen molar-refractivity contribution >= 4 is 5.97 Å². The van der Waals surface area contributed by atoms with E-state index in [2.05, 4.69) is 5.32 Å². The molecule has 0 saturated carbocycles. The molecular weight excluding hydrogens is 173 g/mol. The molecular formula is C9H16FNO2. The SMILES string of the molecule is CC(C)(C)OC(=O)C1NCCC1F. The molecule has 1 saturated heterocycles. The van der Waals surface area contributed by atoms with E-state index in [1.807, 2.05) is 0 Å². The van der Waals surface area contributed by atoms with Crippen LogP contribution in [0.5, 0.6) is 0 Å². The van der Waals surface area contributed by atoms with Crippen molar-refractivity contribution in [3.05, 3.63) is 0 Å². The lowest BCUT2D eigenvalue weighted by Gasteiger charge is -2.22. The number of esters is 1. The molecule has 2 atom stereocenters. The summed E-state index contributed by atoms with van der Waals surface area (Å²) >= 11 is 0. The molecule has 1 rings (SSSR count). The Morgan fingerprint density at radius 1 is 1.54 bits per heavy atom. The van der Waals surface area contributed by atoms with Crippen LogP contribution in [0.25, 0.3) is 0 Å². The lowest BCUT2D eigenvalue weighted by molar-refractivity contribution is -0.158. The van der Waals surface area contributed by atoms with Gasteiger partial charge in [0, 0.05) is 0 Å². The van der Waals surface area contributed by atoms with Gasteiger partial charge in [-0.15, -0.1) is 0 Å². The normalized spacial score (nSPS) is 28.9. The molecule has 0 aliphatic carbocycles. The highest BCUT2D eigenvalue weighted by Crippen LogP contribution is 2.16. The molecule has 0 spiro atoms. The highest BCUT2D eigenvalue weighted by atomic mass is 19.1. The van der Waals surface area contributed by atoms with Gasteiger partial charge in [-0.2, -0.15) is 0 Å². The van der Waals surface area contributed by atoms with Crippen molar-refractivity contribution in [1.29, 1.82) is 0 Å². The Bertz CT molecular complexity index is 200. The standard InChI is InChI=1S/C9H16FNO2/c1-9(2,3)13-8(12)7-6(10)4-5-11-7/h6-7,11H,4-5H2,1-3H3.